The number of nitrogens with one attached hydrogen (secondary N) is 1. The average molecular weight is 305 g/mol. The molecule has 0 spiro atoms. The highest BCUT2D eigenvalue weighted by atomic mass is 79.9. The molecule has 0 fully saturated rings. The zero-order valence-electron chi connectivity index (χ0n) is 10.4. The fraction of sp³-hybridized carbons (Fsp3) is 0.267. The molecule has 2 rings (SSSR count). The van der Waals surface area contributed by atoms with Crippen LogP contribution in [0.4, 0.5) is 0 Å². The molecular formula is C15H17BrN2. The van der Waals surface area contributed by atoms with E-state index in [1.807, 2.05) is 18.2 Å². The van der Waals surface area contributed by atoms with Crippen LogP contribution >= 0.6 is 15.9 Å². The van der Waals surface area contributed by atoms with Gasteiger partial charge in [-0.15, -0.1) is 0 Å². The van der Waals surface area contributed by atoms with Crippen LogP contribution in [0.25, 0.3) is 0 Å². The summed E-state index contributed by atoms with van der Waals surface area (Å²) in [7, 11) is 0. The number of halogens is 1. The van der Waals surface area contributed by atoms with Gasteiger partial charge < -0.3 is 5.32 Å². The van der Waals surface area contributed by atoms with Gasteiger partial charge in [-0.1, -0.05) is 43.3 Å². The second kappa shape index (κ2) is 6.66. The van der Waals surface area contributed by atoms with Crippen molar-refractivity contribution in [1.29, 1.82) is 0 Å². The number of benzene rings is 1. The number of nitrogens with zero attached hydrogens (tertiary/aromatic N) is 1. The summed E-state index contributed by atoms with van der Waals surface area (Å²) >= 11 is 3.38. The van der Waals surface area contributed by atoms with E-state index in [1.54, 1.807) is 0 Å². The first-order chi connectivity index (χ1) is 8.75. The van der Waals surface area contributed by atoms with E-state index in [2.05, 4.69) is 63.5 Å². The Balaban J connectivity index is 1.82. The lowest BCUT2D eigenvalue weighted by molar-refractivity contribution is 0.608. The van der Waals surface area contributed by atoms with Gasteiger partial charge in [0.05, 0.1) is 5.69 Å². The van der Waals surface area contributed by atoms with Crippen molar-refractivity contribution >= 4 is 15.9 Å². The van der Waals surface area contributed by atoms with Crippen molar-refractivity contribution in [2.75, 3.05) is 6.54 Å². The third kappa shape index (κ3) is 3.93. The highest BCUT2D eigenvalue weighted by molar-refractivity contribution is 9.10. The molecule has 18 heavy (non-hydrogen) atoms. The third-order valence-corrected chi connectivity index (χ3v) is 3.34. The Morgan fingerprint density at radius 1 is 1.11 bits per heavy atom. The number of aromatic nitrogens is 1. The van der Waals surface area contributed by atoms with Crippen LogP contribution in [0.2, 0.25) is 0 Å². The Bertz CT molecular complexity index is 485. The Morgan fingerprint density at radius 2 is 1.89 bits per heavy atom. The van der Waals surface area contributed by atoms with Gasteiger partial charge in [-0.3, -0.25) is 0 Å². The second-order valence-corrected chi connectivity index (χ2v) is 5.21. The summed E-state index contributed by atoms with van der Waals surface area (Å²) in [5.74, 6) is 0.512. The van der Waals surface area contributed by atoms with Gasteiger partial charge >= 0.3 is 0 Å². The molecule has 1 aromatic heterocycles. The SMILES string of the molecule is CC(CNCc1cccc(Br)n1)c1ccccc1. The summed E-state index contributed by atoms with van der Waals surface area (Å²) in [4.78, 5) is 4.40. The standard InChI is InChI=1S/C15H17BrN2/c1-12(13-6-3-2-4-7-13)10-17-11-14-8-5-9-15(16)18-14/h2-9,12,17H,10-11H2,1H3. The molecule has 0 saturated carbocycles. The van der Waals surface area contributed by atoms with Gasteiger partial charge in [0.15, 0.2) is 0 Å². The quantitative estimate of drug-likeness (QED) is 0.851. The largest absolute Gasteiger partial charge is 0.311 e. The maximum Gasteiger partial charge on any atom is 0.106 e. The lowest BCUT2D eigenvalue weighted by atomic mass is 10.0. The Labute approximate surface area is 117 Å². The van der Waals surface area contributed by atoms with Crippen molar-refractivity contribution in [2.45, 2.75) is 19.4 Å². The fourth-order valence-corrected chi connectivity index (χ4v) is 2.25. The maximum absolute atomic E-state index is 4.40. The molecular weight excluding hydrogens is 288 g/mol. The minimum atomic E-state index is 0.512. The molecule has 1 unspecified atom stereocenters. The van der Waals surface area contributed by atoms with Gasteiger partial charge in [-0.25, -0.2) is 4.98 Å². The number of rotatable bonds is 5. The van der Waals surface area contributed by atoms with Crippen LogP contribution < -0.4 is 5.32 Å². The van der Waals surface area contributed by atoms with Gasteiger partial charge in [-0.05, 0) is 39.5 Å². The molecule has 0 aliphatic rings. The first-order valence-electron chi connectivity index (χ1n) is 6.13. The third-order valence-electron chi connectivity index (χ3n) is 2.90. The number of hydrogen-bond acceptors (Lipinski definition) is 2. The molecule has 0 radical (unpaired) electrons. The van der Waals surface area contributed by atoms with Crippen LogP contribution in [0.5, 0.6) is 0 Å². The highest BCUT2D eigenvalue weighted by Crippen LogP contribution is 2.13. The van der Waals surface area contributed by atoms with E-state index in [-0.39, 0.29) is 0 Å². The van der Waals surface area contributed by atoms with Crippen molar-refractivity contribution in [3.63, 3.8) is 0 Å². The molecule has 1 N–H and O–H groups in total. The first kappa shape index (κ1) is 13.2. The smallest absolute Gasteiger partial charge is 0.106 e. The van der Waals surface area contributed by atoms with Gasteiger partial charge in [0, 0.05) is 13.1 Å². The van der Waals surface area contributed by atoms with E-state index in [0.717, 1.165) is 23.4 Å². The molecule has 2 nitrogen and oxygen atoms in total. The van der Waals surface area contributed by atoms with Crippen molar-refractivity contribution in [1.82, 2.24) is 10.3 Å². The van der Waals surface area contributed by atoms with Crippen LogP contribution in [0.1, 0.15) is 24.1 Å². The molecule has 3 heteroatoms. The monoisotopic (exact) mass is 304 g/mol. The van der Waals surface area contributed by atoms with E-state index in [1.165, 1.54) is 5.56 Å². The molecule has 1 aromatic carbocycles. The summed E-state index contributed by atoms with van der Waals surface area (Å²) in [5.41, 5.74) is 2.43. The normalized spacial score (nSPS) is 12.3. The molecule has 0 aliphatic carbocycles. The highest BCUT2D eigenvalue weighted by Gasteiger charge is 2.04. The van der Waals surface area contributed by atoms with Crippen LogP contribution in [0.15, 0.2) is 53.1 Å². The minimum absolute atomic E-state index is 0.512. The number of hydrogen-bond donors (Lipinski definition) is 1. The van der Waals surface area contributed by atoms with Gasteiger partial charge in [0.2, 0.25) is 0 Å². The lowest BCUT2D eigenvalue weighted by Gasteiger charge is -2.12. The molecule has 1 atom stereocenters. The zero-order valence-corrected chi connectivity index (χ0v) is 12.0. The van der Waals surface area contributed by atoms with Crippen molar-refractivity contribution < 1.29 is 0 Å². The summed E-state index contributed by atoms with van der Waals surface area (Å²) < 4.78 is 0.887. The molecule has 0 amide bonds. The van der Waals surface area contributed by atoms with E-state index in [4.69, 9.17) is 0 Å². The predicted molar refractivity (Wildman–Crippen MR) is 78.5 cm³/mol. The molecule has 94 valence electrons. The molecule has 0 bridgehead atoms. The van der Waals surface area contributed by atoms with E-state index in [0.29, 0.717) is 5.92 Å². The molecule has 1 heterocycles. The first-order valence-corrected chi connectivity index (χ1v) is 6.92. The lowest BCUT2D eigenvalue weighted by Crippen LogP contribution is -2.20. The summed E-state index contributed by atoms with van der Waals surface area (Å²) in [6, 6.07) is 16.5. The fourth-order valence-electron chi connectivity index (χ4n) is 1.86. The molecule has 0 aliphatic heterocycles. The van der Waals surface area contributed by atoms with Gasteiger partial charge in [0.1, 0.15) is 4.60 Å². The van der Waals surface area contributed by atoms with Gasteiger partial charge in [-0.2, -0.15) is 0 Å². The van der Waals surface area contributed by atoms with Crippen LogP contribution in [0.3, 0.4) is 0 Å². The Morgan fingerprint density at radius 3 is 2.61 bits per heavy atom. The van der Waals surface area contributed by atoms with Crippen molar-refractivity contribution in [3.05, 3.63) is 64.4 Å². The zero-order chi connectivity index (χ0) is 12.8. The van der Waals surface area contributed by atoms with E-state index >= 15 is 0 Å². The molecule has 0 saturated heterocycles. The summed E-state index contributed by atoms with van der Waals surface area (Å²) in [5, 5.41) is 3.44. The summed E-state index contributed by atoms with van der Waals surface area (Å²) in [6.45, 7) is 3.99. The predicted octanol–water partition coefficient (Wildman–Crippen LogP) is 3.74. The maximum atomic E-state index is 4.40. The van der Waals surface area contributed by atoms with Crippen LogP contribution in [-0.4, -0.2) is 11.5 Å². The average Bonchev–Trinajstić information content (AvgIpc) is 2.40. The topological polar surface area (TPSA) is 24.9 Å². The van der Waals surface area contributed by atoms with Gasteiger partial charge in [0.25, 0.3) is 0 Å². The summed E-state index contributed by atoms with van der Waals surface area (Å²) in [6.07, 6.45) is 0. The van der Waals surface area contributed by atoms with E-state index in [9.17, 15) is 0 Å². The minimum Gasteiger partial charge on any atom is -0.311 e. The van der Waals surface area contributed by atoms with Crippen molar-refractivity contribution in [3.8, 4) is 0 Å². The van der Waals surface area contributed by atoms with E-state index < -0.39 is 0 Å². The van der Waals surface area contributed by atoms with Crippen molar-refractivity contribution in [2.24, 2.45) is 0 Å². The second-order valence-electron chi connectivity index (χ2n) is 4.39. The Kier molecular flexibility index (Phi) is 4.90. The Hall–Kier alpha value is -1.19. The van der Waals surface area contributed by atoms with Crippen LogP contribution in [0, 0.1) is 0 Å². The molecule has 2 aromatic rings. The van der Waals surface area contributed by atoms with Crippen LogP contribution in [-0.2, 0) is 6.54 Å². The number of pyridine rings is 1.